The first-order chi connectivity index (χ1) is 8.42. The second-order valence-corrected chi connectivity index (χ2v) is 6.52. The van der Waals surface area contributed by atoms with Gasteiger partial charge in [0.2, 0.25) is 0 Å². The van der Waals surface area contributed by atoms with Gasteiger partial charge >= 0.3 is 0 Å². The summed E-state index contributed by atoms with van der Waals surface area (Å²) in [5.74, 6) is 2.05. The molecule has 2 heteroatoms. The van der Waals surface area contributed by atoms with Crippen molar-refractivity contribution < 1.29 is 0 Å². The molecule has 1 heterocycles. The van der Waals surface area contributed by atoms with Crippen LogP contribution in [0, 0.1) is 11.8 Å². The van der Waals surface area contributed by atoms with Crippen LogP contribution >= 0.6 is 0 Å². The Morgan fingerprint density at radius 3 is 2.53 bits per heavy atom. The zero-order valence-corrected chi connectivity index (χ0v) is 11.2. The van der Waals surface area contributed by atoms with Crippen LogP contribution in [-0.2, 0) is 0 Å². The lowest BCUT2D eigenvalue weighted by atomic mass is 9.94. The normalized spacial score (nSPS) is 29.8. The SMILES string of the molecule is C1CNCC(CCCN(CC2CC2)C2CC2)C1. The molecule has 0 spiro atoms. The molecule has 98 valence electrons. The Labute approximate surface area is 106 Å². The smallest absolute Gasteiger partial charge is 0.00965 e. The van der Waals surface area contributed by atoms with Gasteiger partial charge in [-0.25, -0.2) is 0 Å². The molecule has 2 nitrogen and oxygen atoms in total. The van der Waals surface area contributed by atoms with E-state index < -0.39 is 0 Å². The second kappa shape index (κ2) is 5.71. The number of nitrogens with zero attached hydrogens (tertiary/aromatic N) is 1. The molecule has 0 amide bonds. The fraction of sp³-hybridized carbons (Fsp3) is 1.00. The Morgan fingerprint density at radius 2 is 1.88 bits per heavy atom. The minimum absolute atomic E-state index is 0.978. The molecule has 0 aromatic rings. The van der Waals surface area contributed by atoms with Crippen LogP contribution in [0.1, 0.15) is 51.4 Å². The number of rotatable bonds is 7. The van der Waals surface area contributed by atoms with Crippen molar-refractivity contribution in [3.8, 4) is 0 Å². The molecule has 3 fully saturated rings. The van der Waals surface area contributed by atoms with E-state index in [9.17, 15) is 0 Å². The molecule has 2 aliphatic carbocycles. The summed E-state index contributed by atoms with van der Waals surface area (Å²) in [6.45, 7) is 5.35. The lowest BCUT2D eigenvalue weighted by molar-refractivity contribution is 0.235. The molecule has 1 atom stereocenters. The standard InChI is InChI=1S/C15H28N2/c1-3-13(11-16-9-1)4-2-10-17(15-7-8-15)12-14-5-6-14/h13-16H,1-12H2. The van der Waals surface area contributed by atoms with Crippen LogP contribution < -0.4 is 5.32 Å². The average molecular weight is 236 g/mol. The quantitative estimate of drug-likeness (QED) is 0.731. The van der Waals surface area contributed by atoms with Gasteiger partial charge in [-0.3, -0.25) is 0 Å². The molecule has 1 unspecified atom stereocenters. The molecular weight excluding hydrogens is 208 g/mol. The molecular formula is C15H28N2. The second-order valence-electron chi connectivity index (χ2n) is 6.52. The first kappa shape index (κ1) is 12.0. The van der Waals surface area contributed by atoms with E-state index in [0.29, 0.717) is 0 Å². The van der Waals surface area contributed by atoms with E-state index in [4.69, 9.17) is 0 Å². The maximum atomic E-state index is 3.54. The van der Waals surface area contributed by atoms with Crippen LogP contribution in [0.3, 0.4) is 0 Å². The van der Waals surface area contributed by atoms with Crippen molar-refractivity contribution in [1.29, 1.82) is 0 Å². The fourth-order valence-electron chi connectivity index (χ4n) is 3.25. The van der Waals surface area contributed by atoms with Gasteiger partial charge in [-0.15, -0.1) is 0 Å². The third-order valence-corrected chi connectivity index (χ3v) is 4.71. The highest BCUT2D eigenvalue weighted by molar-refractivity contribution is 4.88. The number of hydrogen-bond donors (Lipinski definition) is 1. The number of nitrogens with one attached hydrogen (secondary N) is 1. The largest absolute Gasteiger partial charge is 0.316 e. The van der Waals surface area contributed by atoms with Crippen molar-refractivity contribution in [1.82, 2.24) is 10.2 Å². The topological polar surface area (TPSA) is 15.3 Å². The number of piperidine rings is 1. The summed E-state index contributed by atoms with van der Waals surface area (Å²) >= 11 is 0. The molecule has 1 aliphatic heterocycles. The Kier molecular flexibility index (Phi) is 4.02. The first-order valence-electron chi connectivity index (χ1n) is 7.86. The number of hydrogen-bond acceptors (Lipinski definition) is 2. The van der Waals surface area contributed by atoms with Crippen LogP contribution in [0.2, 0.25) is 0 Å². The Balaban J connectivity index is 1.33. The van der Waals surface area contributed by atoms with Gasteiger partial charge in [-0.1, -0.05) is 0 Å². The van der Waals surface area contributed by atoms with E-state index in [1.165, 1.54) is 77.5 Å². The lowest BCUT2D eigenvalue weighted by Gasteiger charge is -2.25. The van der Waals surface area contributed by atoms with Crippen molar-refractivity contribution >= 4 is 0 Å². The highest BCUT2D eigenvalue weighted by Crippen LogP contribution is 2.35. The van der Waals surface area contributed by atoms with Crippen molar-refractivity contribution in [3.63, 3.8) is 0 Å². The molecule has 3 aliphatic rings. The minimum Gasteiger partial charge on any atom is -0.316 e. The minimum atomic E-state index is 0.978. The summed E-state index contributed by atoms with van der Waals surface area (Å²) in [6.07, 6.45) is 11.8. The maximum absolute atomic E-state index is 3.54. The Bertz CT molecular complexity index is 227. The fourth-order valence-corrected chi connectivity index (χ4v) is 3.25. The van der Waals surface area contributed by atoms with Crippen LogP contribution in [0.4, 0.5) is 0 Å². The van der Waals surface area contributed by atoms with E-state index in [1.54, 1.807) is 0 Å². The van der Waals surface area contributed by atoms with Crippen LogP contribution in [-0.4, -0.2) is 37.1 Å². The lowest BCUT2D eigenvalue weighted by Crippen LogP contribution is -2.32. The van der Waals surface area contributed by atoms with Crippen molar-refractivity contribution in [3.05, 3.63) is 0 Å². The molecule has 2 saturated carbocycles. The summed E-state index contributed by atoms with van der Waals surface area (Å²) < 4.78 is 0. The highest BCUT2D eigenvalue weighted by Gasteiger charge is 2.33. The predicted molar refractivity (Wildman–Crippen MR) is 72.1 cm³/mol. The van der Waals surface area contributed by atoms with Gasteiger partial charge in [-0.05, 0) is 82.8 Å². The van der Waals surface area contributed by atoms with Gasteiger partial charge < -0.3 is 10.2 Å². The Morgan fingerprint density at radius 1 is 1.00 bits per heavy atom. The van der Waals surface area contributed by atoms with Crippen molar-refractivity contribution in [2.24, 2.45) is 11.8 Å². The predicted octanol–water partition coefficient (Wildman–Crippen LogP) is 2.64. The molecule has 3 rings (SSSR count). The molecule has 0 aromatic carbocycles. The van der Waals surface area contributed by atoms with Gasteiger partial charge in [0, 0.05) is 12.6 Å². The maximum Gasteiger partial charge on any atom is 0.00965 e. The van der Waals surface area contributed by atoms with E-state index in [2.05, 4.69) is 10.2 Å². The summed E-state index contributed by atoms with van der Waals surface area (Å²) in [6, 6.07) is 0.986. The summed E-state index contributed by atoms with van der Waals surface area (Å²) in [5.41, 5.74) is 0. The van der Waals surface area contributed by atoms with Gasteiger partial charge in [0.15, 0.2) is 0 Å². The summed E-state index contributed by atoms with van der Waals surface area (Å²) in [7, 11) is 0. The van der Waals surface area contributed by atoms with E-state index >= 15 is 0 Å². The van der Waals surface area contributed by atoms with Gasteiger partial charge in [-0.2, -0.15) is 0 Å². The van der Waals surface area contributed by atoms with Crippen molar-refractivity contribution in [2.45, 2.75) is 57.4 Å². The van der Waals surface area contributed by atoms with Gasteiger partial charge in [0.05, 0.1) is 0 Å². The molecule has 0 bridgehead atoms. The first-order valence-corrected chi connectivity index (χ1v) is 7.86. The zero-order chi connectivity index (χ0) is 11.5. The molecule has 1 N–H and O–H groups in total. The van der Waals surface area contributed by atoms with Crippen molar-refractivity contribution in [2.75, 3.05) is 26.2 Å². The van der Waals surface area contributed by atoms with E-state index in [-0.39, 0.29) is 0 Å². The zero-order valence-electron chi connectivity index (χ0n) is 11.2. The van der Waals surface area contributed by atoms with Crippen LogP contribution in [0.5, 0.6) is 0 Å². The highest BCUT2D eigenvalue weighted by atomic mass is 15.2. The van der Waals surface area contributed by atoms with E-state index in [1.807, 2.05) is 0 Å². The summed E-state index contributed by atoms with van der Waals surface area (Å²) in [5, 5.41) is 3.54. The van der Waals surface area contributed by atoms with Crippen LogP contribution in [0.15, 0.2) is 0 Å². The third kappa shape index (κ3) is 3.96. The Hall–Kier alpha value is -0.0800. The molecule has 1 saturated heterocycles. The average Bonchev–Trinajstić information content (AvgIpc) is 3.23. The summed E-state index contributed by atoms with van der Waals surface area (Å²) in [4.78, 5) is 2.81. The van der Waals surface area contributed by atoms with Gasteiger partial charge in [0.25, 0.3) is 0 Å². The van der Waals surface area contributed by atoms with E-state index in [0.717, 1.165) is 17.9 Å². The molecule has 0 aromatic heterocycles. The van der Waals surface area contributed by atoms with Crippen LogP contribution in [0.25, 0.3) is 0 Å². The monoisotopic (exact) mass is 236 g/mol. The molecule has 17 heavy (non-hydrogen) atoms. The third-order valence-electron chi connectivity index (χ3n) is 4.71. The molecule has 0 radical (unpaired) electrons. The van der Waals surface area contributed by atoms with Gasteiger partial charge in [0.1, 0.15) is 0 Å².